The van der Waals surface area contributed by atoms with Crippen LogP contribution >= 0.6 is 22.6 Å². The van der Waals surface area contributed by atoms with E-state index >= 15 is 0 Å². The fraction of sp³-hybridized carbons (Fsp3) is 0.111. The molecule has 2 aliphatic rings. The first-order valence-corrected chi connectivity index (χ1v) is 4.41. The minimum absolute atomic E-state index is 1.09. The molecule has 0 amide bonds. The van der Waals surface area contributed by atoms with Gasteiger partial charge < -0.3 is 0 Å². The third-order valence-corrected chi connectivity index (χ3v) is 2.67. The van der Waals surface area contributed by atoms with E-state index < -0.39 is 0 Å². The van der Waals surface area contributed by atoms with Gasteiger partial charge in [-0.25, -0.2) is 0 Å². The number of fused-ring (bicyclic) bond motifs is 1. The van der Waals surface area contributed by atoms with Gasteiger partial charge in [0.15, 0.2) is 0 Å². The lowest BCUT2D eigenvalue weighted by Gasteiger charge is -2.05. The first-order chi connectivity index (χ1) is 4.88. The van der Waals surface area contributed by atoms with Crippen molar-refractivity contribution in [3.8, 4) is 0 Å². The van der Waals surface area contributed by atoms with Gasteiger partial charge in [-0.05, 0) is 46.2 Å². The maximum Gasteiger partial charge on any atom is 0.0205 e. The summed E-state index contributed by atoms with van der Waals surface area (Å²) in [7, 11) is 0. The molecular weight excluding hydrogens is 235 g/mol. The molecule has 1 heteroatoms. The summed E-state index contributed by atoms with van der Waals surface area (Å²) in [6.07, 6.45) is 12.1. The maximum absolute atomic E-state index is 2.37. The Morgan fingerprint density at radius 3 is 3.00 bits per heavy atom. The van der Waals surface area contributed by atoms with Gasteiger partial charge in [0.25, 0.3) is 0 Å². The molecule has 0 aromatic heterocycles. The molecule has 10 heavy (non-hydrogen) atoms. The molecule has 0 aliphatic heterocycles. The molecular formula is C9H7I. The van der Waals surface area contributed by atoms with Crippen molar-refractivity contribution < 1.29 is 0 Å². The lowest BCUT2D eigenvalue weighted by molar-refractivity contribution is 1.31. The summed E-state index contributed by atoms with van der Waals surface area (Å²) in [6, 6.07) is 0. The van der Waals surface area contributed by atoms with E-state index in [1.54, 1.807) is 0 Å². The SMILES string of the molecule is IC1=CC=C2C=CCC=C12. The van der Waals surface area contributed by atoms with E-state index in [0.29, 0.717) is 0 Å². The quantitative estimate of drug-likeness (QED) is 0.572. The highest BCUT2D eigenvalue weighted by molar-refractivity contribution is 14.1. The molecule has 0 aromatic rings. The standard InChI is InChI=1S/C9H7I/c10-9-6-5-7-3-1-2-4-8(7)9/h1,3-6H,2H2. The van der Waals surface area contributed by atoms with Gasteiger partial charge in [0.2, 0.25) is 0 Å². The largest absolute Gasteiger partial charge is 0.0801 e. The predicted octanol–water partition coefficient (Wildman–Crippen LogP) is 3.13. The molecule has 0 fully saturated rings. The second-order valence-electron chi connectivity index (χ2n) is 2.39. The van der Waals surface area contributed by atoms with E-state index in [2.05, 4.69) is 53.0 Å². The highest BCUT2D eigenvalue weighted by Crippen LogP contribution is 2.33. The monoisotopic (exact) mass is 242 g/mol. The smallest absolute Gasteiger partial charge is 0.0205 e. The van der Waals surface area contributed by atoms with Crippen molar-refractivity contribution in [3.63, 3.8) is 0 Å². The predicted molar refractivity (Wildman–Crippen MR) is 52.0 cm³/mol. The molecule has 0 nitrogen and oxygen atoms in total. The molecule has 50 valence electrons. The van der Waals surface area contributed by atoms with E-state index in [0.717, 1.165) is 6.42 Å². The number of hydrogen-bond donors (Lipinski definition) is 0. The Morgan fingerprint density at radius 2 is 2.20 bits per heavy atom. The maximum atomic E-state index is 2.37. The van der Waals surface area contributed by atoms with Crippen LogP contribution in [0.5, 0.6) is 0 Å². The Bertz CT molecular complexity index is 277. The summed E-state index contributed by atoms with van der Waals surface area (Å²) in [5.74, 6) is 0. The summed E-state index contributed by atoms with van der Waals surface area (Å²) in [5, 5.41) is 0. The highest BCUT2D eigenvalue weighted by Gasteiger charge is 2.11. The summed E-state index contributed by atoms with van der Waals surface area (Å²) in [4.78, 5) is 0. The van der Waals surface area contributed by atoms with E-state index in [4.69, 9.17) is 0 Å². The van der Waals surface area contributed by atoms with Crippen molar-refractivity contribution in [2.45, 2.75) is 6.42 Å². The molecule has 0 heterocycles. The number of hydrogen-bond acceptors (Lipinski definition) is 0. The normalized spacial score (nSPS) is 21.5. The van der Waals surface area contributed by atoms with Gasteiger partial charge in [-0.2, -0.15) is 0 Å². The van der Waals surface area contributed by atoms with Crippen molar-refractivity contribution >= 4 is 22.6 Å². The van der Waals surface area contributed by atoms with Crippen LogP contribution in [-0.4, -0.2) is 0 Å². The fourth-order valence-electron chi connectivity index (χ4n) is 1.22. The number of allylic oxidation sites excluding steroid dienone is 8. The van der Waals surface area contributed by atoms with Crippen LogP contribution < -0.4 is 0 Å². The zero-order valence-electron chi connectivity index (χ0n) is 5.47. The molecule has 0 unspecified atom stereocenters. The minimum atomic E-state index is 1.09. The Morgan fingerprint density at radius 1 is 1.30 bits per heavy atom. The average molecular weight is 242 g/mol. The topological polar surface area (TPSA) is 0 Å². The molecule has 0 atom stereocenters. The molecule has 2 rings (SSSR count). The Hall–Kier alpha value is -0.310. The number of rotatable bonds is 0. The van der Waals surface area contributed by atoms with E-state index in [9.17, 15) is 0 Å². The van der Waals surface area contributed by atoms with Crippen LogP contribution in [0.1, 0.15) is 6.42 Å². The second kappa shape index (κ2) is 2.38. The van der Waals surface area contributed by atoms with Crippen LogP contribution in [0, 0.1) is 0 Å². The van der Waals surface area contributed by atoms with Crippen LogP contribution in [0.25, 0.3) is 0 Å². The van der Waals surface area contributed by atoms with Gasteiger partial charge in [0.1, 0.15) is 0 Å². The summed E-state index contributed by atoms with van der Waals surface area (Å²) >= 11 is 2.37. The van der Waals surface area contributed by atoms with Crippen molar-refractivity contribution in [2.75, 3.05) is 0 Å². The van der Waals surface area contributed by atoms with Gasteiger partial charge >= 0.3 is 0 Å². The second-order valence-corrected chi connectivity index (χ2v) is 3.55. The molecule has 0 bridgehead atoms. The molecule has 0 N–H and O–H groups in total. The van der Waals surface area contributed by atoms with Gasteiger partial charge in [0.05, 0.1) is 0 Å². The van der Waals surface area contributed by atoms with Crippen LogP contribution in [0.2, 0.25) is 0 Å². The molecule has 0 saturated carbocycles. The Labute approximate surface area is 74.2 Å². The van der Waals surface area contributed by atoms with Crippen molar-refractivity contribution in [1.82, 2.24) is 0 Å². The molecule has 0 radical (unpaired) electrons. The van der Waals surface area contributed by atoms with Gasteiger partial charge in [-0.3, -0.25) is 0 Å². The summed E-state index contributed by atoms with van der Waals surface area (Å²) in [5.41, 5.74) is 2.79. The fourth-order valence-corrected chi connectivity index (χ4v) is 1.93. The zero-order chi connectivity index (χ0) is 6.97. The van der Waals surface area contributed by atoms with Crippen LogP contribution in [-0.2, 0) is 0 Å². The van der Waals surface area contributed by atoms with E-state index in [-0.39, 0.29) is 0 Å². The average Bonchev–Trinajstić information content (AvgIpc) is 2.34. The first-order valence-electron chi connectivity index (χ1n) is 3.33. The third kappa shape index (κ3) is 0.888. The molecule has 2 aliphatic carbocycles. The molecule has 0 saturated heterocycles. The number of halogens is 1. The lowest BCUT2D eigenvalue weighted by atomic mass is 10.0. The van der Waals surface area contributed by atoms with Gasteiger partial charge in [-0.15, -0.1) is 0 Å². The van der Waals surface area contributed by atoms with E-state index in [1.165, 1.54) is 14.7 Å². The zero-order valence-corrected chi connectivity index (χ0v) is 7.63. The van der Waals surface area contributed by atoms with E-state index in [1.807, 2.05) is 0 Å². The first kappa shape index (κ1) is 6.40. The Kier molecular flexibility index (Phi) is 1.52. The van der Waals surface area contributed by atoms with Crippen molar-refractivity contribution in [3.05, 3.63) is 45.1 Å². The van der Waals surface area contributed by atoms with Crippen LogP contribution in [0.4, 0.5) is 0 Å². The summed E-state index contributed by atoms with van der Waals surface area (Å²) < 4.78 is 1.37. The highest BCUT2D eigenvalue weighted by atomic mass is 127. The van der Waals surface area contributed by atoms with Gasteiger partial charge in [0, 0.05) is 3.58 Å². The lowest BCUT2D eigenvalue weighted by Crippen LogP contribution is -1.85. The minimum Gasteiger partial charge on any atom is -0.0801 e. The third-order valence-electron chi connectivity index (χ3n) is 1.73. The van der Waals surface area contributed by atoms with Gasteiger partial charge in [-0.1, -0.05) is 24.3 Å². The van der Waals surface area contributed by atoms with Crippen LogP contribution in [0.15, 0.2) is 45.1 Å². The van der Waals surface area contributed by atoms with Crippen molar-refractivity contribution in [1.29, 1.82) is 0 Å². The Balaban J connectivity index is 2.45. The van der Waals surface area contributed by atoms with Crippen molar-refractivity contribution in [2.24, 2.45) is 0 Å². The molecule has 0 spiro atoms. The summed E-state index contributed by atoms with van der Waals surface area (Å²) in [6.45, 7) is 0. The van der Waals surface area contributed by atoms with Crippen LogP contribution in [0.3, 0.4) is 0 Å². The molecule has 0 aromatic carbocycles.